The van der Waals surface area contributed by atoms with Crippen molar-refractivity contribution in [3.05, 3.63) is 59.2 Å². The second kappa shape index (κ2) is 11.6. The summed E-state index contributed by atoms with van der Waals surface area (Å²) in [5.41, 5.74) is -0.407. The molecule has 0 aromatic heterocycles. The maximum atomic E-state index is 14.0. The van der Waals surface area contributed by atoms with Crippen LogP contribution in [0, 0.1) is 34.8 Å². The number of hydrogen-bond donors (Lipinski definition) is 0. The third-order valence-corrected chi connectivity index (χ3v) is 6.07. The molecule has 1 aliphatic carbocycles. The first-order valence-corrected chi connectivity index (χ1v) is 11.3. The lowest BCUT2D eigenvalue weighted by Gasteiger charge is -2.27. The third-order valence-electron chi connectivity index (χ3n) is 6.07. The fraction of sp³-hybridized carbons (Fsp3) is 0.423. The van der Waals surface area contributed by atoms with E-state index in [1.807, 2.05) is 0 Å². The Morgan fingerprint density at radius 1 is 0.970 bits per heavy atom. The smallest absolute Gasteiger partial charge is 0.343 e. The lowest BCUT2D eigenvalue weighted by atomic mass is 9.80. The van der Waals surface area contributed by atoms with Crippen molar-refractivity contribution in [2.45, 2.75) is 58.3 Å². The monoisotopic (exact) mass is 455 g/mol. The Morgan fingerprint density at radius 3 is 2.30 bits per heavy atom. The van der Waals surface area contributed by atoms with Gasteiger partial charge in [-0.1, -0.05) is 32.6 Å². The molecule has 0 spiro atoms. The van der Waals surface area contributed by atoms with Crippen molar-refractivity contribution in [3.8, 4) is 17.6 Å². The molecule has 2 aromatic rings. The van der Waals surface area contributed by atoms with E-state index in [9.17, 15) is 18.4 Å². The van der Waals surface area contributed by atoms with Crippen molar-refractivity contribution in [1.29, 1.82) is 5.26 Å². The van der Waals surface area contributed by atoms with Gasteiger partial charge < -0.3 is 9.47 Å². The number of carbonyl (C=O) groups is 2. The standard InChI is InChI=1S/C26H27F2NO4/c1-2-3-4-5-17-6-8-18(9-7-17)25(30)32-21-13-10-19(11-14-21)26(31)33-22-15-12-20(16-29)23(27)24(22)28/h10-15,17-18H,2-9H2,1H3/t17-,18-. The number of nitrogens with zero attached hydrogens (tertiary/aromatic N) is 1. The summed E-state index contributed by atoms with van der Waals surface area (Å²) in [5.74, 6) is -3.70. The quantitative estimate of drug-likeness (QED) is 0.263. The summed E-state index contributed by atoms with van der Waals surface area (Å²) in [6, 6.07) is 9.24. The molecule has 174 valence electrons. The minimum absolute atomic E-state index is 0.0755. The molecule has 0 amide bonds. The average Bonchev–Trinajstić information content (AvgIpc) is 2.83. The van der Waals surface area contributed by atoms with Gasteiger partial charge in [0.15, 0.2) is 11.6 Å². The third kappa shape index (κ3) is 6.38. The van der Waals surface area contributed by atoms with E-state index in [1.54, 1.807) is 0 Å². The number of carbonyl (C=O) groups excluding carboxylic acids is 2. The van der Waals surface area contributed by atoms with Crippen LogP contribution in [0.4, 0.5) is 8.78 Å². The average molecular weight is 456 g/mol. The number of nitriles is 1. The first-order chi connectivity index (χ1) is 15.9. The Morgan fingerprint density at radius 2 is 1.67 bits per heavy atom. The number of rotatable bonds is 8. The van der Waals surface area contributed by atoms with Gasteiger partial charge in [0.1, 0.15) is 11.8 Å². The molecule has 0 unspecified atom stereocenters. The van der Waals surface area contributed by atoms with Crippen LogP contribution in [0.2, 0.25) is 0 Å². The largest absolute Gasteiger partial charge is 0.426 e. The molecule has 1 aliphatic rings. The van der Waals surface area contributed by atoms with Gasteiger partial charge in [0.2, 0.25) is 5.82 Å². The van der Waals surface area contributed by atoms with E-state index in [0.717, 1.165) is 37.8 Å². The van der Waals surface area contributed by atoms with E-state index in [4.69, 9.17) is 14.7 Å². The van der Waals surface area contributed by atoms with Crippen LogP contribution < -0.4 is 9.47 Å². The number of ether oxygens (including phenoxy) is 2. The molecule has 0 atom stereocenters. The molecule has 0 radical (unpaired) electrons. The normalized spacial score (nSPS) is 17.8. The van der Waals surface area contributed by atoms with Gasteiger partial charge in [0, 0.05) is 0 Å². The fourth-order valence-electron chi connectivity index (χ4n) is 4.08. The molecule has 7 heteroatoms. The van der Waals surface area contributed by atoms with Crippen molar-refractivity contribution < 1.29 is 27.8 Å². The highest BCUT2D eigenvalue weighted by molar-refractivity contribution is 5.91. The number of unbranched alkanes of at least 4 members (excludes halogenated alkanes) is 2. The highest BCUT2D eigenvalue weighted by Crippen LogP contribution is 2.33. The maximum Gasteiger partial charge on any atom is 0.343 e. The Hall–Kier alpha value is -3.27. The second-order valence-corrected chi connectivity index (χ2v) is 8.40. The SMILES string of the molecule is CCCCC[C@H]1CC[C@H](C(=O)Oc2ccc(C(=O)Oc3ccc(C#N)c(F)c3F)cc2)CC1. The van der Waals surface area contributed by atoms with Crippen LogP contribution >= 0.6 is 0 Å². The van der Waals surface area contributed by atoms with Gasteiger partial charge in [-0.3, -0.25) is 4.79 Å². The Bertz CT molecular complexity index is 1020. The van der Waals surface area contributed by atoms with Crippen LogP contribution in [-0.2, 0) is 4.79 Å². The molecule has 2 aromatic carbocycles. The van der Waals surface area contributed by atoms with E-state index in [1.165, 1.54) is 56.0 Å². The Balaban J connectivity index is 1.52. The summed E-state index contributed by atoms with van der Waals surface area (Å²) in [7, 11) is 0. The van der Waals surface area contributed by atoms with Crippen molar-refractivity contribution in [3.63, 3.8) is 0 Å². The molecule has 0 saturated heterocycles. The molecule has 0 aliphatic heterocycles. The number of halogens is 2. The summed E-state index contributed by atoms with van der Waals surface area (Å²) in [5, 5.41) is 8.72. The van der Waals surface area contributed by atoms with Gasteiger partial charge in [0.25, 0.3) is 0 Å². The van der Waals surface area contributed by atoms with Gasteiger partial charge in [-0.15, -0.1) is 0 Å². The van der Waals surface area contributed by atoms with E-state index in [-0.39, 0.29) is 17.5 Å². The Kier molecular flexibility index (Phi) is 8.53. The fourth-order valence-corrected chi connectivity index (χ4v) is 4.08. The Labute approximate surface area is 192 Å². The highest BCUT2D eigenvalue weighted by atomic mass is 19.2. The summed E-state index contributed by atoms with van der Waals surface area (Å²) in [6.45, 7) is 2.19. The van der Waals surface area contributed by atoms with Crippen LogP contribution in [0.25, 0.3) is 0 Å². The summed E-state index contributed by atoms with van der Waals surface area (Å²) >= 11 is 0. The molecule has 0 heterocycles. The highest BCUT2D eigenvalue weighted by Gasteiger charge is 2.27. The summed E-state index contributed by atoms with van der Waals surface area (Å²) in [4.78, 5) is 24.8. The predicted octanol–water partition coefficient (Wildman–Crippen LogP) is 6.35. The van der Waals surface area contributed by atoms with Crippen LogP contribution in [0.5, 0.6) is 11.5 Å². The minimum atomic E-state index is -1.41. The minimum Gasteiger partial charge on any atom is -0.426 e. The first-order valence-electron chi connectivity index (χ1n) is 11.3. The molecular weight excluding hydrogens is 428 g/mol. The van der Waals surface area contributed by atoms with Crippen molar-refractivity contribution >= 4 is 11.9 Å². The van der Waals surface area contributed by atoms with Crippen molar-refractivity contribution in [2.75, 3.05) is 0 Å². The maximum absolute atomic E-state index is 14.0. The van der Waals surface area contributed by atoms with Crippen LogP contribution in [-0.4, -0.2) is 11.9 Å². The lowest BCUT2D eigenvalue weighted by molar-refractivity contribution is -0.140. The number of benzene rings is 2. The zero-order valence-corrected chi connectivity index (χ0v) is 18.6. The van der Waals surface area contributed by atoms with Crippen LogP contribution in [0.15, 0.2) is 36.4 Å². The summed E-state index contributed by atoms with van der Waals surface area (Å²) in [6.07, 6.45) is 8.68. The molecule has 1 fully saturated rings. The molecule has 33 heavy (non-hydrogen) atoms. The van der Waals surface area contributed by atoms with Crippen molar-refractivity contribution in [2.24, 2.45) is 11.8 Å². The van der Waals surface area contributed by atoms with Gasteiger partial charge >= 0.3 is 11.9 Å². The topological polar surface area (TPSA) is 76.4 Å². The predicted molar refractivity (Wildman–Crippen MR) is 118 cm³/mol. The van der Waals surface area contributed by atoms with Gasteiger partial charge in [0.05, 0.1) is 17.0 Å². The zero-order valence-electron chi connectivity index (χ0n) is 18.6. The number of esters is 2. The van der Waals surface area contributed by atoms with Gasteiger partial charge in [-0.25, -0.2) is 9.18 Å². The number of hydrogen-bond acceptors (Lipinski definition) is 5. The molecular formula is C26H27F2NO4. The van der Waals surface area contributed by atoms with E-state index in [2.05, 4.69) is 6.92 Å². The van der Waals surface area contributed by atoms with Crippen LogP contribution in [0.1, 0.15) is 74.2 Å². The van der Waals surface area contributed by atoms with Crippen LogP contribution in [0.3, 0.4) is 0 Å². The molecule has 0 bridgehead atoms. The van der Waals surface area contributed by atoms with Gasteiger partial charge in [-0.2, -0.15) is 9.65 Å². The van der Waals surface area contributed by atoms with E-state index >= 15 is 0 Å². The molecule has 1 saturated carbocycles. The zero-order chi connectivity index (χ0) is 23.8. The summed E-state index contributed by atoms with van der Waals surface area (Å²) < 4.78 is 38.0. The van der Waals surface area contributed by atoms with Gasteiger partial charge in [-0.05, 0) is 68.0 Å². The molecule has 5 nitrogen and oxygen atoms in total. The molecule has 3 rings (SSSR count). The lowest BCUT2D eigenvalue weighted by Crippen LogP contribution is -2.25. The van der Waals surface area contributed by atoms with E-state index in [0.29, 0.717) is 11.7 Å². The van der Waals surface area contributed by atoms with E-state index < -0.39 is 28.9 Å². The van der Waals surface area contributed by atoms with Crippen molar-refractivity contribution in [1.82, 2.24) is 0 Å². The first kappa shape index (κ1) is 24.4. The second-order valence-electron chi connectivity index (χ2n) is 8.40. The molecule has 0 N–H and O–H groups in total.